The second-order valence-electron chi connectivity index (χ2n) is 7.68. The molecule has 0 bridgehead atoms. The molecule has 26 heavy (non-hydrogen) atoms. The molecule has 5 nitrogen and oxygen atoms in total. The van der Waals surface area contributed by atoms with E-state index in [1.54, 1.807) is 0 Å². The quantitative estimate of drug-likeness (QED) is 0.840. The molecule has 0 unspecified atom stereocenters. The summed E-state index contributed by atoms with van der Waals surface area (Å²) in [5.74, 6) is -0.201. The highest BCUT2D eigenvalue weighted by Crippen LogP contribution is 2.30. The average Bonchev–Trinajstić information content (AvgIpc) is 3.21. The van der Waals surface area contributed by atoms with Crippen molar-refractivity contribution in [3.8, 4) is 11.3 Å². The number of anilines is 1. The van der Waals surface area contributed by atoms with Crippen molar-refractivity contribution in [2.75, 3.05) is 11.9 Å². The standard InChI is InChI=1S/C20H25N3O2S/c1-20(2,3)18(25)21-10-9-17(24)23-19-22-16(12-26-19)15-8-7-13-5-4-6-14(13)11-15/h7-8,11-12H,4-6,9-10H2,1-3H3,(H,21,25)(H,22,23,24). The number of aryl methyl sites for hydroxylation is 2. The number of hydrogen-bond donors (Lipinski definition) is 2. The molecule has 0 atom stereocenters. The van der Waals surface area contributed by atoms with Gasteiger partial charge in [0.25, 0.3) is 0 Å². The number of fused-ring (bicyclic) bond motifs is 1. The van der Waals surface area contributed by atoms with Gasteiger partial charge >= 0.3 is 0 Å². The Labute approximate surface area is 158 Å². The predicted molar refractivity (Wildman–Crippen MR) is 105 cm³/mol. The van der Waals surface area contributed by atoms with Crippen molar-refractivity contribution >= 4 is 28.3 Å². The number of carbonyl (C=O) groups excluding carboxylic acids is 2. The third-order valence-corrected chi connectivity index (χ3v) is 5.22. The zero-order chi connectivity index (χ0) is 18.7. The summed E-state index contributed by atoms with van der Waals surface area (Å²) in [5.41, 5.74) is 4.39. The van der Waals surface area contributed by atoms with E-state index in [0.29, 0.717) is 11.7 Å². The molecule has 1 aromatic carbocycles. The number of aromatic nitrogens is 1. The molecule has 0 fully saturated rings. The van der Waals surface area contributed by atoms with Gasteiger partial charge in [-0.1, -0.05) is 32.9 Å². The molecule has 138 valence electrons. The van der Waals surface area contributed by atoms with Crippen LogP contribution in [0.25, 0.3) is 11.3 Å². The molecule has 1 aliphatic rings. The first-order chi connectivity index (χ1) is 12.3. The molecular formula is C20H25N3O2S. The Morgan fingerprint density at radius 2 is 1.96 bits per heavy atom. The minimum Gasteiger partial charge on any atom is -0.355 e. The number of thiazole rings is 1. The Morgan fingerprint density at radius 1 is 1.19 bits per heavy atom. The van der Waals surface area contributed by atoms with Crippen LogP contribution in [0.4, 0.5) is 5.13 Å². The largest absolute Gasteiger partial charge is 0.355 e. The van der Waals surface area contributed by atoms with Crippen LogP contribution in [0, 0.1) is 5.41 Å². The second kappa shape index (κ2) is 7.58. The van der Waals surface area contributed by atoms with Crippen molar-refractivity contribution < 1.29 is 9.59 Å². The summed E-state index contributed by atoms with van der Waals surface area (Å²) in [5, 5.41) is 8.15. The van der Waals surface area contributed by atoms with Crippen molar-refractivity contribution in [2.24, 2.45) is 5.41 Å². The van der Waals surface area contributed by atoms with Gasteiger partial charge < -0.3 is 10.6 Å². The van der Waals surface area contributed by atoms with Gasteiger partial charge in [0, 0.05) is 29.3 Å². The number of nitrogens with one attached hydrogen (secondary N) is 2. The maximum absolute atomic E-state index is 12.0. The highest BCUT2D eigenvalue weighted by molar-refractivity contribution is 7.14. The lowest BCUT2D eigenvalue weighted by atomic mass is 9.96. The normalized spacial score (nSPS) is 13.3. The fourth-order valence-corrected chi connectivity index (χ4v) is 3.67. The van der Waals surface area contributed by atoms with Crippen molar-refractivity contribution in [1.29, 1.82) is 0 Å². The molecule has 6 heteroatoms. The van der Waals surface area contributed by atoms with Crippen LogP contribution in [0.2, 0.25) is 0 Å². The molecule has 1 aliphatic carbocycles. The molecule has 0 aliphatic heterocycles. The van der Waals surface area contributed by atoms with Crippen molar-refractivity contribution in [1.82, 2.24) is 10.3 Å². The Balaban J connectivity index is 1.53. The fourth-order valence-electron chi connectivity index (χ4n) is 2.93. The van der Waals surface area contributed by atoms with Crippen molar-refractivity contribution in [3.63, 3.8) is 0 Å². The van der Waals surface area contributed by atoms with E-state index >= 15 is 0 Å². The summed E-state index contributed by atoms with van der Waals surface area (Å²) < 4.78 is 0. The van der Waals surface area contributed by atoms with E-state index in [-0.39, 0.29) is 18.2 Å². The molecule has 2 amide bonds. The average molecular weight is 372 g/mol. The summed E-state index contributed by atoms with van der Waals surface area (Å²) in [6, 6.07) is 6.50. The summed E-state index contributed by atoms with van der Waals surface area (Å²) in [4.78, 5) is 28.4. The number of rotatable bonds is 5. The first kappa shape index (κ1) is 18.6. The zero-order valence-electron chi connectivity index (χ0n) is 15.5. The molecule has 2 N–H and O–H groups in total. The highest BCUT2D eigenvalue weighted by Gasteiger charge is 2.20. The molecule has 1 heterocycles. The van der Waals surface area contributed by atoms with Gasteiger partial charge in [0.2, 0.25) is 11.8 Å². The minimum atomic E-state index is -0.448. The van der Waals surface area contributed by atoms with E-state index in [4.69, 9.17) is 0 Å². The second-order valence-corrected chi connectivity index (χ2v) is 8.54. The molecule has 0 saturated carbocycles. The molecule has 3 rings (SSSR count). The van der Waals surface area contributed by atoms with Crippen molar-refractivity contribution in [2.45, 2.75) is 46.5 Å². The number of nitrogens with zero attached hydrogens (tertiary/aromatic N) is 1. The Morgan fingerprint density at radius 3 is 2.73 bits per heavy atom. The summed E-state index contributed by atoms with van der Waals surface area (Å²) in [6.07, 6.45) is 3.76. The van der Waals surface area contributed by atoms with Gasteiger partial charge in [-0.05, 0) is 36.5 Å². The van der Waals surface area contributed by atoms with Crippen LogP contribution < -0.4 is 10.6 Å². The van der Waals surface area contributed by atoms with E-state index in [9.17, 15) is 9.59 Å². The van der Waals surface area contributed by atoms with Gasteiger partial charge in [-0.3, -0.25) is 9.59 Å². The minimum absolute atomic E-state index is 0.0570. The molecule has 0 radical (unpaired) electrons. The third-order valence-electron chi connectivity index (χ3n) is 4.46. The lowest BCUT2D eigenvalue weighted by molar-refractivity contribution is -0.128. The smallest absolute Gasteiger partial charge is 0.227 e. The zero-order valence-corrected chi connectivity index (χ0v) is 16.3. The van der Waals surface area contributed by atoms with Crippen LogP contribution >= 0.6 is 11.3 Å². The first-order valence-electron chi connectivity index (χ1n) is 8.99. The van der Waals surface area contributed by atoms with Gasteiger partial charge in [0.1, 0.15) is 0 Å². The lowest BCUT2D eigenvalue weighted by Gasteiger charge is -2.17. The van der Waals surface area contributed by atoms with Crippen LogP contribution in [0.1, 0.15) is 44.7 Å². The molecule has 0 spiro atoms. The van der Waals surface area contributed by atoms with E-state index < -0.39 is 5.41 Å². The Kier molecular flexibility index (Phi) is 5.41. The lowest BCUT2D eigenvalue weighted by Crippen LogP contribution is -2.36. The molecule has 2 aromatic rings. The monoisotopic (exact) mass is 371 g/mol. The maximum atomic E-state index is 12.0. The topological polar surface area (TPSA) is 71.1 Å². The first-order valence-corrected chi connectivity index (χ1v) is 9.87. The van der Waals surface area contributed by atoms with E-state index in [1.165, 1.54) is 35.3 Å². The maximum Gasteiger partial charge on any atom is 0.227 e. The summed E-state index contributed by atoms with van der Waals surface area (Å²) >= 11 is 1.42. The van der Waals surface area contributed by atoms with Crippen LogP contribution in [0.5, 0.6) is 0 Å². The predicted octanol–water partition coefficient (Wildman–Crippen LogP) is 3.79. The van der Waals surface area contributed by atoms with E-state index in [2.05, 4.69) is 33.8 Å². The summed E-state index contributed by atoms with van der Waals surface area (Å²) in [6.45, 7) is 5.86. The van der Waals surface area contributed by atoms with Gasteiger partial charge in [0.15, 0.2) is 5.13 Å². The Bertz CT molecular complexity index is 821. The van der Waals surface area contributed by atoms with Gasteiger partial charge in [0.05, 0.1) is 5.69 Å². The van der Waals surface area contributed by atoms with E-state index in [0.717, 1.165) is 17.7 Å². The SMILES string of the molecule is CC(C)(C)C(=O)NCCC(=O)Nc1nc(-c2ccc3c(c2)CCC3)cs1. The number of hydrogen-bond acceptors (Lipinski definition) is 4. The molecule has 0 saturated heterocycles. The van der Waals surface area contributed by atoms with Crippen LogP contribution in [-0.2, 0) is 22.4 Å². The van der Waals surface area contributed by atoms with E-state index in [1.807, 2.05) is 26.2 Å². The van der Waals surface area contributed by atoms with Crippen LogP contribution in [-0.4, -0.2) is 23.3 Å². The fraction of sp³-hybridized carbons (Fsp3) is 0.450. The number of amides is 2. The highest BCUT2D eigenvalue weighted by atomic mass is 32.1. The van der Waals surface area contributed by atoms with Gasteiger partial charge in [-0.2, -0.15) is 0 Å². The van der Waals surface area contributed by atoms with Gasteiger partial charge in [-0.15, -0.1) is 11.3 Å². The van der Waals surface area contributed by atoms with Gasteiger partial charge in [-0.25, -0.2) is 4.98 Å². The molecule has 1 aromatic heterocycles. The number of carbonyl (C=O) groups is 2. The molecular weight excluding hydrogens is 346 g/mol. The van der Waals surface area contributed by atoms with Crippen LogP contribution in [0.15, 0.2) is 23.6 Å². The third kappa shape index (κ3) is 4.49. The Hall–Kier alpha value is -2.21. The van der Waals surface area contributed by atoms with Crippen molar-refractivity contribution in [3.05, 3.63) is 34.7 Å². The number of benzene rings is 1. The van der Waals surface area contributed by atoms with Crippen LogP contribution in [0.3, 0.4) is 0 Å². The summed E-state index contributed by atoms with van der Waals surface area (Å²) in [7, 11) is 0.